The molecular formula is C33H24. The Labute approximate surface area is 194 Å². The normalized spacial score (nSPS) is 15.0. The molecule has 0 unspecified atom stereocenters. The predicted molar refractivity (Wildman–Crippen MR) is 143 cm³/mol. The highest BCUT2D eigenvalue weighted by molar-refractivity contribution is 6.13. The van der Waals surface area contributed by atoms with Crippen LogP contribution in [0.5, 0.6) is 0 Å². The van der Waals surface area contributed by atoms with Gasteiger partial charge in [0, 0.05) is 5.41 Å². The largest absolute Gasteiger partial charge is 0.0616 e. The van der Waals surface area contributed by atoms with Gasteiger partial charge in [-0.1, -0.05) is 117 Å². The molecule has 156 valence electrons. The lowest BCUT2D eigenvalue weighted by molar-refractivity contribution is 0.660. The van der Waals surface area contributed by atoms with E-state index in [1.165, 1.54) is 66.1 Å². The molecule has 0 spiro atoms. The van der Waals surface area contributed by atoms with E-state index in [1.54, 1.807) is 0 Å². The van der Waals surface area contributed by atoms with Gasteiger partial charge in [0.25, 0.3) is 0 Å². The van der Waals surface area contributed by atoms with Crippen molar-refractivity contribution < 1.29 is 0 Å². The van der Waals surface area contributed by atoms with Crippen LogP contribution < -0.4 is 0 Å². The van der Waals surface area contributed by atoms with Crippen LogP contribution in [0.3, 0.4) is 0 Å². The summed E-state index contributed by atoms with van der Waals surface area (Å²) >= 11 is 0. The molecule has 33 heavy (non-hydrogen) atoms. The molecular weight excluding hydrogens is 396 g/mol. The number of benzene rings is 5. The summed E-state index contributed by atoms with van der Waals surface area (Å²) in [5, 5.41) is 5.36. The summed E-state index contributed by atoms with van der Waals surface area (Å²) < 4.78 is 0. The second-order valence-electron chi connectivity index (χ2n) is 9.82. The fraction of sp³-hybridized carbons (Fsp3) is 0.0909. The van der Waals surface area contributed by atoms with Crippen molar-refractivity contribution in [3.8, 4) is 11.1 Å². The maximum absolute atomic E-state index is 2.43. The highest BCUT2D eigenvalue weighted by atomic mass is 14.4. The van der Waals surface area contributed by atoms with Crippen LogP contribution in [0.15, 0.2) is 84.9 Å². The van der Waals surface area contributed by atoms with Crippen molar-refractivity contribution in [3.63, 3.8) is 0 Å². The molecule has 0 radical (unpaired) electrons. The van der Waals surface area contributed by atoms with Gasteiger partial charge in [-0.2, -0.15) is 0 Å². The van der Waals surface area contributed by atoms with Crippen LogP contribution in [0, 0.1) is 0 Å². The third-order valence-corrected chi connectivity index (χ3v) is 7.60. The summed E-state index contributed by atoms with van der Waals surface area (Å²) in [5.41, 5.74) is 10.8. The SMILES string of the molecule is CC1(C)c2cc(/C=C/c3cccc4ccccc34)ccc2-c2c1cc1c3c(cccc23)C=C1. The number of hydrogen-bond acceptors (Lipinski definition) is 0. The van der Waals surface area contributed by atoms with E-state index < -0.39 is 0 Å². The maximum Gasteiger partial charge on any atom is 0.0159 e. The standard InChI is InChI=1S/C33H24/c1-33(2)29-19-21(13-15-23-9-5-8-22-7-3-4-11-26(22)23)14-18-27(29)32-28-12-6-10-24-16-17-25(31(24)28)20-30(32)33/h3-20H,1-2H3/b15-13+. The molecule has 5 aromatic rings. The van der Waals surface area contributed by atoms with Crippen molar-refractivity contribution in [2.45, 2.75) is 19.3 Å². The molecule has 0 fully saturated rings. The summed E-state index contributed by atoms with van der Waals surface area (Å²) in [6.45, 7) is 4.74. The lowest BCUT2D eigenvalue weighted by atomic mass is 9.81. The number of fused-ring (bicyclic) bond motifs is 5. The van der Waals surface area contributed by atoms with Crippen molar-refractivity contribution in [2.24, 2.45) is 0 Å². The van der Waals surface area contributed by atoms with E-state index in [0.29, 0.717) is 0 Å². The minimum atomic E-state index is -0.0227. The Kier molecular flexibility index (Phi) is 3.71. The highest BCUT2D eigenvalue weighted by Crippen LogP contribution is 2.53. The van der Waals surface area contributed by atoms with Crippen LogP contribution in [0.25, 0.3) is 57.0 Å². The first kappa shape index (κ1) is 18.7. The summed E-state index contributed by atoms with van der Waals surface area (Å²) in [4.78, 5) is 0. The van der Waals surface area contributed by atoms with Crippen LogP contribution in [-0.2, 0) is 5.41 Å². The second-order valence-corrected chi connectivity index (χ2v) is 9.82. The van der Waals surface area contributed by atoms with Gasteiger partial charge in [0.1, 0.15) is 0 Å². The lowest BCUT2D eigenvalue weighted by Gasteiger charge is -2.22. The van der Waals surface area contributed by atoms with Gasteiger partial charge in [0.2, 0.25) is 0 Å². The quantitative estimate of drug-likeness (QED) is 0.245. The van der Waals surface area contributed by atoms with Gasteiger partial charge in [-0.25, -0.2) is 0 Å². The fourth-order valence-electron chi connectivity index (χ4n) is 5.91. The van der Waals surface area contributed by atoms with Crippen molar-refractivity contribution in [2.75, 3.05) is 0 Å². The van der Waals surface area contributed by atoms with E-state index in [2.05, 4.69) is 123 Å². The van der Waals surface area contributed by atoms with Gasteiger partial charge in [-0.15, -0.1) is 0 Å². The Hall–Kier alpha value is -3.90. The van der Waals surface area contributed by atoms with Gasteiger partial charge >= 0.3 is 0 Å². The lowest BCUT2D eigenvalue weighted by Crippen LogP contribution is -2.15. The zero-order chi connectivity index (χ0) is 22.2. The van der Waals surface area contributed by atoms with Gasteiger partial charge in [-0.05, 0) is 72.1 Å². The Balaban J connectivity index is 1.37. The molecule has 0 saturated carbocycles. The first-order valence-electron chi connectivity index (χ1n) is 11.7. The zero-order valence-electron chi connectivity index (χ0n) is 18.9. The smallest absolute Gasteiger partial charge is 0.0159 e. The molecule has 0 aliphatic heterocycles. The van der Waals surface area contributed by atoms with E-state index in [1.807, 2.05) is 0 Å². The van der Waals surface area contributed by atoms with Gasteiger partial charge in [-0.3, -0.25) is 0 Å². The molecule has 0 N–H and O–H groups in total. The summed E-state index contributed by atoms with van der Waals surface area (Å²) in [7, 11) is 0. The molecule has 0 bridgehead atoms. The van der Waals surface area contributed by atoms with E-state index in [-0.39, 0.29) is 5.41 Å². The Bertz CT molecular complexity index is 1670. The fourth-order valence-corrected chi connectivity index (χ4v) is 5.91. The number of hydrogen-bond donors (Lipinski definition) is 0. The van der Waals surface area contributed by atoms with E-state index in [4.69, 9.17) is 0 Å². The Morgan fingerprint density at radius 1 is 0.636 bits per heavy atom. The van der Waals surface area contributed by atoms with Crippen LogP contribution >= 0.6 is 0 Å². The van der Waals surface area contributed by atoms with Crippen molar-refractivity contribution >= 4 is 45.8 Å². The molecule has 7 rings (SSSR count). The highest BCUT2D eigenvalue weighted by Gasteiger charge is 2.37. The topological polar surface area (TPSA) is 0 Å². The molecule has 2 aliphatic carbocycles. The summed E-state index contributed by atoms with van der Waals surface area (Å²) in [6, 6.07) is 31.3. The molecule has 0 saturated heterocycles. The monoisotopic (exact) mass is 420 g/mol. The van der Waals surface area contributed by atoms with Crippen LogP contribution in [0.2, 0.25) is 0 Å². The Morgan fingerprint density at radius 2 is 1.42 bits per heavy atom. The van der Waals surface area contributed by atoms with Gasteiger partial charge < -0.3 is 0 Å². The van der Waals surface area contributed by atoms with Crippen molar-refractivity contribution in [1.82, 2.24) is 0 Å². The second kappa shape index (κ2) is 6.56. The van der Waals surface area contributed by atoms with E-state index in [0.717, 1.165) is 0 Å². The van der Waals surface area contributed by atoms with Gasteiger partial charge in [0.05, 0.1) is 0 Å². The van der Waals surface area contributed by atoms with E-state index >= 15 is 0 Å². The van der Waals surface area contributed by atoms with E-state index in [9.17, 15) is 0 Å². The minimum absolute atomic E-state index is 0.0227. The minimum Gasteiger partial charge on any atom is -0.0616 e. The third-order valence-electron chi connectivity index (χ3n) is 7.60. The number of rotatable bonds is 2. The molecule has 0 nitrogen and oxygen atoms in total. The average Bonchev–Trinajstić information content (AvgIpc) is 3.36. The molecule has 0 atom stereocenters. The summed E-state index contributed by atoms with van der Waals surface area (Å²) in [5.74, 6) is 0. The molecule has 0 heteroatoms. The summed E-state index contributed by atoms with van der Waals surface area (Å²) in [6.07, 6.45) is 9.04. The molecule has 2 aliphatic rings. The van der Waals surface area contributed by atoms with Crippen LogP contribution in [0.4, 0.5) is 0 Å². The first-order chi connectivity index (χ1) is 16.1. The maximum atomic E-state index is 2.43. The predicted octanol–water partition coefficient (Wildman–Crippen LogP) is 8.95. The first-order valence-corrected chi connectivity index (χ1v) is 11.7. The third kappa shape index (κ3) is 2.58. The van der Waals surface area contributed by atoms with Crippen molar-refractivity contribution in [1.29, 1.82) is 0 Å². The van der Waals surface area contributed by atoms with Crippen molar-refractivity contribution in [3.05, 3.63) is 118 Å². The average molecular weight is 421 g/mol. The Morgan fingerprint density at radius 3 is 2.36 bits per heavy atom. The van der Waals surface area contributed by atoms with Gasteiger partial charge in [0.15, 0.2) is 0 Å². The zero-order valence-corrected chi connectivity index (χ0v) is 18.9. The molecule has 0 aromatic heterocycles. The molecule has 0 amide bonds. The van der Waals surface area contributed by atoms with Crippen LogP contribution in [-0.4, -0.2) is 0 Å². The molecule has 0 heterocycles. The molecule has 5 aromatic carbocycles. The van der Waals surface area contributed by atoms with Crippen LogP contribution in [0.1, 0.15) is 47.2 Å².